The van der Waals surface area contributed by atoms with Crippen LogP contribution < -0.4 is 15.4 Å². The first-order valence-electron chi connectivity index (χ1n) is 8.66. The third kappa shape index (κ3) is 5.44. The molecule has 1 aromatic rings. The number of hydrogen-bond acceptors (Lipinski definition) is 3. The highest BCUT2D eigenvalue weighted by molar-refractivity contribution is 5.80. The summed E-state index contributed by atoms with van der Waals surface area (Å²) >= 11 is 0. The van der Waals surface area contributed by atoms with Gasteiger partial charge < -0.3 is 20.3 Å². The van der Waals surface area contributed by atoms with E-state index < -0.39 is 0 Å². The van der Waals surface area contributed by atoms with Gasteiger partial charge in [-0.25, -0.2) is 4.99 Å². The van der Waals surface area contributed by atoms with E-state index in [0.717, 1.165) is 56.3 Å². The molecule has 0 aromatic heterocycles. The van der Waals surface area contributed by atoms with E-state index in [9.17, 15) is 4.79 Å². The summed E-state index contributed by atoms with van der Waals surface area (Å²) in [5.74, 6) is 1.92. The molecule has 1 heterocycles. The summed E-state index contributed by atoms with van der Waals surface area (Å²) < 4.78 is 5.36. The molecule has 6 nitrogen and oxygen atoms in total. The van der Waals surface area contributed by atoms with E-state index in [4.69, 9.17) is 4.74 Å². The summed E-state index contributed by atoms with van der Waals surface area (Å²) in [4.78, 5) is 18.1. The molecule has 0 saturated carbocycles. The molecule has 1 amide bonds. The number of methoxy groups -OCH3 is 1. The van der Waals surface area contributed by atoms with Crippen LogP contribution in [0.25, 0.3) is 0 Å². The number of hydrogen-bond donors (Lipinski definition) is 2. The minimum Gasteiger partial charge on any atom is -0.496 e. The van der Waals surface area contributed by atoms with Gasteiger partial charge >= 0.3 is 0 Å². The highest BCUT2D eigenvalue weighted by Crippen LogP contribution is 2.17. The number of rotatable bonds is 8. The van der Waals surface area contributed by atoms with E-state index in [1.807, 2.05) is 36.1 Å². The van der Waals surface area contributed by atoms with Gasteiger partial charge in [-0.3, -0.25) is 4.79 Å². The molecule has 0 radical (unpaired) electrons. The van der Waals surface area contributed by atoms with Crippen molar-refractivity contribution in [1.29, 1.82) is 0 Å². The number of nitrogens with zero attached hydrogens (tertiary/aromatic N) is 2. The van der Waals surface area contributed by atoms with Crippen molar-refractivity contribution in [2.45, 2.75) is 32.7 Å². The van der Waals surface area contributed by atoms with Crippen LogP contribution in [0.2, 0.25) is 0 Å². The summed E-state index contributed by atoms with van der Waals surface area (Å²) in [5, 5.41) is 6.57. The van der Waals surface area contributed by atoms with E-state index >= 15 is 0 Å². The number of likely N-dealkylation sites (tertiary alicyclic amines) is 1. The lowest BCUT2D eigenvalue weighted by Crippen LogP contribution is -2.39. The number of aliphatic imine (C=N–C) groups is 1. The topological polar surface area (TPSA) is 66.0 Å². The molecule has 0 bridgehead atoms. The fraction of sp³-hybridized carbons (Fsp3) is 0.556. The Hall–Kier alpha value is -2.24. The first-order chi connectivity index (χ1) is 11.7. The summed E-state index contributed by atoms with van der Waals surface area (Å²) in [6.45, 7) is 5.93. The van der Waals surface area contributed by atoms with Crippen molar-refractivity contribution in [2.24, 2.45) is 4.99 Å². The molecule has 1 saturated heterocycles. The lowest BCUT2D eigenvalue weighted by Gasteiger charge is -2.16. The van der Waals surface area contributed by atoms with Gasteiger partial charge in [-0.1, -0.05) is 18.2 Å². The van der Waals surface area contributed by atoms with Gasteiger partial charge in [0, 0.05) is 38.2 Å². The molecule has 1 fully saturated rings. The molecule has 24 heavy (non-hydrogen) atoms. The molecule has 0 unspecified atom stereocenters. The van der Waals surface area contributed by atoms with Gasteiger partial charge in [-0.2, -0.15) is 0 Å². The summed E-state index contributed by atoms with van der Waals surface area (Å²) in [6, 6.07) is 7.90. The van der Waals surface area contributed by atoms with Crippen LogP contribution in [0.1, 0.15) is 31.7 Å². The molecule has 132 valence electrons. The molecule has 1 aliphatic heterocycles. The molecule has 2 rings (SSSR count). The number of nitrogens with one attached hydrogen (secondary N) is 2. The quantitative estimate of drug-likeness (QED) is 0.432. The summed E-state index contributed by atoms with van der Waals surface area (Å²) in [6.07, 6.45) is 2.62. The number of ether oxygens (including phenoxy) is 1. The molecule has 6 heteroatoms. The van der Waals surface area contributed by atoms with Crippen LogP contribution in [0.3, 0.4) is 0 Å². The summed E-state index contributed by atoms with van der Waals surface area (Å²) in [7, 11) is 1.67. The van der Waals surface area contributed by atoms with Crippen molar-refractivity contribution < 1.29 is 9.53 Å². The van der Waals surface area contributed by atoms with E-state index in [2.05, 4.69) is 15.6 Å². The average molecular weight is 332 g/mol. The van der Waals surface area contributed by atoms with Crippen LogP contribution in [0.5, 0.6) is 5.75 Å². The predicted octanol–water partition coefficient (Wildman–Crippen LogP) is 1.76. The van der Waals surface area contributed by atoms with Crippen molar-refractivity contribution in [3.05, 3.63) is 29.8 Å². The van der Waals surface area contributed by atoms with Crippen molar-refractivity contribution in [2.75, 3.05) is 33.3 Å². The Bertz CT molecular complexity index is 560. The smallest absolute Gasteiger partial charge is 0.222 e. The third-order valence-electron chi connectivity index (χ3n) is 4.01. The van der Waals surface area contributed by atoms with Crippen molar-refractivity contribution in [1.82, 2.24) is 15.5 Å². The predicted molar refractivity (Wildman–Crippen MR) is 96.2 cm³/mol. The van der Waals surface area contributed by atoms with Crippen LogP contribution in [0, 0.1) is 0 Å². The van der Waals surface area contributed by atoms with Crippen LogP contribution in [-0.2, 0) is 11.3 Å². The second-order valence-electron chi connectivity index (χ2n) is 5.77. The highest BCUT2D eigenvalue weighted by Gasteiger charge is 2.18. The number of para-hydroxylation sites is 1. The Morgan fingerprint density at radius 3 is 2.88 bits per heavy atom. The fourth-order valence-electron chi connectivity index (χ4n) is 2.76. The second kappa shape index (κ2) is 9.80. The molecule has 0 spiro atoms. The van der Waals surface area contributed by atoms with Gasteiger partial charge in [0.1, 0.15) is 5.75 Å². The first-order valence-corrected chi connectivity index (χ1v) is 8.66. The Morgan fingerprint density at radius 2 is 2.17 bits per heavy atom. The molecule has 0 aliphatic carbocycles. The molecular weight excluding hydrogens is 304 g/mol. The third-order valence-corrected chi connectivity index (χ3v) is 4.01. The van der Waals surface area contributed by atoms with Gasteiger partial charge in [0.05, 0.1) is 13.7 Å². The standard InChI is InChI=1S/C18H28N4O2/c1-3-19-18(20-11-7-13-22-12-6-10-17(22)23)21-14-15-8-4-5-9-16(15)24-2/h4-5,8-9H,3,6-7,10-14H2,1-2H3,(H2,19,20,21). The zero-order valence-corrected chi connectivity index (χ0v) is 14.7. The van der Waals surface area contributed by atoms with E-state index in [-0.39, 0.29) is 5.91 Å². The second-order valence-corrected chi connectivity index (χ2v) is 5.77. The Kier molecular flexibility index (Phi) is 7.39. The largest absolute Gasteiger partial charge is 0.496 e. The minimum atomic E-state index is 0.284. The maximum atomic E-state index is 11.6. The van der Waals surface area contributed by atoms with Gasteiger partial charge in [-0.15, -0.1) is 0 Å². The highest BCUT2D eigenvalue weighted by atomic mass is 16.5. The zero-order chi connectivity index (χ0) is 17.2. The maximum Gasteiger partial charge on any atom is 0.222 e. The van der Waals surface area contributed by atoms with Gasteiger partial charge in [0.15, 0.2) is 5.96 Å². The number of amides is 1. The van der Waals surface area contributed by atoms with Gasteiger partial charge in [0.2, 0.25) is 5.91 Å². The molecule has 1 aromatic carbocycles. The van der Waals surface area contributed by atoms with Crippen LogP contribution >= 0.6 is 0 Å². The minimum absolute atomic E-state index is 0.284. The van der Waals surface area contributed by atoms with E-state index in [1.54, 1.807) is 7.11 Å². The molecule has 1 aliphatic rings. The monoisotopic (exact) mass is 332 g/mol. The van der Waals surface area contributed by atoms with Crippen LogP contribution in [0.4, 0.5) is 0 Å². The first kappa shape index (κ1) is 18.1. The number of carbonyl (C=O) groups excluding carboxylic acids is 1. The molecule has 0 atom stereocenters. The zero-order valence-electron chi connectivity index (χ0n) is 14.7. The lowest BCUT2D eigenvalue weighted by molar-refractivity contribution is -0.127. The average Bonchev–Trinajstić information content (AvgIpc) is 3.01. The number of carbonyl (C=O) groups is 1. The van der Waals surface area contributed by atoms with Gasteiger partial charge in [-0.05, 0) is 25.8 Å². The Labute approximate surface area is 144 Å². The fourth-order valence-corrected chi connectivity index (χ4v) is 2.76. The number of guanidine groups is 1. The summed E-state index contributed by atoms with van der Waals surface area (Å²) in [5.41, 5.74) is 1.06. The molecular formula is C18H28N4O2. The SMILES string of the molecule is CCNC(=NCc1ccccc1OC)NCCCN1CCCC1=O. The van der Waals surface area contributed by atoms with Crippen LogP contribution in [-0.4, -0.2) is 50.1 Å². The van der Waals surface area contributed by atoms with Gasteiger partial charge in [0.25, 0.3) is 0 Å². The maximum absolute atomic E-state index is 11.6. The van der Waals surface area contributed by atoms with Crippen molar-refractivity contribution in [3.63, 3.8) is 0 Å². The lowest BCUT2D eigenvalue weighted by atomic mass is 10.2. The van der Waals surface area contributed by atoms with E-state index in [1.165, 1.54) is 0 Å². The normalized spacial score (nSPS) is 14.8. The van der Waals surface area contributed by atoms with E-state index in [0.29, 0.717) is 13.0 Å². The Balaban J connectivity index is 1.80. The number of benzene rings is 1. The Morgan fingerprint density at radius 1 is 1.33 bits per heavy atom. The van der Waals surface area contributed by atoms with Crippen molar-refractivity contribution in [3.8, 4) is 5.75 Å². The molecule has 2 N–H and O–H groups in total. The van der Waals surface area contributed by atoms with Crippen LogP contribution in [0.15, 0.2) is 29.3 Å². The van der Waals surface area contributed by atoms with Crippen molar-refractivity contribution >= 4 is 11.9 Å².